The van der Waals surface area contributed by atoms with Crippen LogP contribution < -0.4 is 5.32 Å². The van der Waals surface area contributed by atoms with E-state index in [0.29, 0.717) is 12.0 Å². The van der Waals surface area contributed by atoms with E-state index >= 15 is 0 Å². The first-order valence-electron chi connectivity index (χ1n) is 6.93. The van der Waals surface area contributed by atoms with Crippen molar-refractivity contribution < 1.29 is 4.39 Å². The molecule has 0 spiro atoms. The van der Waals surface area contributed by atoms with Gasteiger partial charge >= 0.3 is 0 Å². The molecule has 0 aliphatic heterocycles. The van der Waals surface area contributed by atoms with E-state index in [4.69, 9.17) is 11.6 Å². The Labute approximate surface area is 124 Å². The topological polar surface area (TPSA) is 12.0 Å². The second-order valence-electron chi connectivity index (χ2n) is 4.82. The molecule has 0 heterocycles. The maximum absolute atomic E-state index is 14.0. The molecule has 1 N–H and O–H groups in total. The molecule has 0 bridgehead atoms. The second-order valence-corrected chi connectivity index (χ2v) is 5.23. The molecular weight excluding hydrogens is 273 g/mol. The van der Waals surface area contributed by atoms with Gasteiger partial charge in [-0.25, -0.2) is 4.39 Å². The SMILES string of the molecule is CCCNC(Cc1ccccc1Cl)c1ccccc1F. The fourth-order valence-corrected chi connectivity index (χ4v) is 2.47. The molecule has 2 aromatic rings. The Morgan fingerprint density at radius 2 is 1.80 bits per heavy atom. The van der Waals surface area contributed by atoms with E-state index in [2.05, 4.69) is 12.2 Å². The van der Waals surface area contributed by atoms with Gasteiger partial charge < -0.3 is 5.32 Å². The van der Waals surface area contributed by atoms with E-state index < -0.39 is 0 Å². The molecule has 3 heteroatoms. The number of halogens is 2. The van der Waals surface area contributed by atoms with Gasteiger partial charge in [-0.3, -0.25) is 0 Å². The van der Waals surface area contributed by atoms with Gasteiger partial charge in [0.1, 0.15) is 5.82 Å². The lowest BCUT2D eigenvalue weighted by Gasteiger charge is -2.20. The van der Waals surface area contributed by atoms with Gasteiger partial charge in [0, 0.05) is 16.6 Å². The first kappa shape index (κ1) is 15.0. The van der Waals surface area contributed by atoms with E-state index in [1.165, 1.54) is 6.07 Å². The molecule has 0 aliphatic carbocycles. The van der Waals surface area contributed by atoms with Crippen molar-refractivity contribution in [3.8, 4) is 0 Å². The Kier molecular flexibility index (Phi) is 5.57. The van der Waals surface area contributed by atoms with Crippen molar-refractivity contribution in [3.05, 3.63) is 70.5 Å². The summed E-state index contributed by atoms with van der Waals surface area (Å²) in [6, 6.07) is 14.6. The molecule has 0 saturated heterocycles. The van der Waals surface area contributed by atoms with Crippen molar-refractivity contribution in [2.24, 2.45) is 0 Å². The summed E-state index contributed by atoms with van der Waals surface area (Å²) in [6.45, 7) is 2.95. The van der Waals surface area contributed by atoms with E-state index in [0.717, 1.165) is 23.6 Å². The van der Waals surface area contributed by atoms with E-state index in [1.54, 1.807) is 6.07 Å². The molecule has 0 radical (unpaired) electrons. The molecule has 0 fully saturated rings. The summed E-state index contributed by atoms with van der Waals surface area (Å²) in [5.74, 6) is -0.173. The fourth-order valence-electron chi connectivity index (χ4n) is 2.25. The van der Waals surface area contributed by atoms with Gasteiger partial charge in [0.15, 0.2) is 0 Å². The third kappa shape index (κ3) is 3.81. The molecule has 106 valence electrons. The van der Waals surface area contributed by atoms with Gasteiger partial charge in [-0.05, 0) is 37.1 Å². The van der Waals surface area contributed by atoms with Crippen LogP contribution in [-0.2, 0) is 6.42 Å². The van der Waals surface area contributed by atoms with Crippen LogP contribution in [0.1, 0.15) is 30.5 Å². The summed E-state index contributed by atoms with van der Waals surface area (Å²) in [6.07, 6.45) is 1.69. The molecule has 2 rings (SSSR count). The van der Waals surface area contributed by atoms with Crippen LogP contribution in [0.25, 0.3) is 0 Å². The monoisotopic (exact) mass is 291 g/mol. The maximum atomic E-state index is 14.0. The lowest BCUT2D eigenvalue weighted by atomic mass is 9.98. The van der Waals surface area contributed by atoms with Crippen molar-refractivity contribution in [2.45, 2.75) is 25.8 Å². The minimum absolute atomic E-state index is 0.0592. The molecule has 1 unspecified atom stereocenters. The van der Waals surface area contributed by atoms with Gasteiger partial charge in [-0.2, -0.15) is 0 Å². The Hall–Kier alpha value is -1.38. The lowest BCUT2D eigenvalue weighted by Crippen LogP contribution is -2.25. The van der Waals surface area contributed by atoms with Gasteiger partial charge in [-0.15, -0.1) is 0 Å². The number of rotatable bonds is 6. The van der Waals surface area contributed by atoms with Crippen molar-refractivity contribution in [3.63, 3.8) is 0 Å². The molecular formula is C17H19ClFN. The molecule has 1 nitrogen and oxygen atoms in total. The largest absolute Gasteiger partial charge is 0.310 e. The van der Waals surface area contributed by atoms with Crippen LogP contribution in [0, 0.1) is 5.82 Å². The average Bonchev–Trinajstić information content (AvgIpc) is 2.46. The molecule has 2 aromatic carbocycles. The summed E-state index contributed by atoms with van der Waals surface area (Å²) in [7, 11) is 0. The highest BCUT2D eigenvalue weighted by molar-refractivity contribution is 6.31. The van der Waals surface area contributed by atoms with Gasteiger partial charge in [0.05, 0.1) is 0 Å². The van der Waals surface area contributed by atoms with Gasteiger partial charge in [0.2, 0.25) is 0 Å². The van der Waals surface area contributed by atoms with E-state index in [-0.39, 0.29) is 11.9 Å². The summed E-state index contributed by atoms with van der Waals surface area (Å²) in [4.78, 5) is 0. The minimum Gasteiger partial charge on any atom is -0.310 e. The van der Waals surface area contributed by atoms with Crippen molar-refractivity contribution >= 4 is 11.6 Å². The predicted octanol–water partition coefficient (Wildman–Crippen LogP) is 4.76. The van der Waals surface area contributed by atoms with Crippen molar-refractivity contribution in [2.75, 3.05) is 6.54 Å². The zero-order chi connectivity index (χ0) is 14.4. The van der Waals surface area contributed by atoms with E-state index in [9.17, 15) is 4.39 Å². The molecule has 20 heavy (non-hydrogen) atoms. The van der Waals surface area contributed by atoms with Crippen LogP contribution >= 0.6 is 11.6 Å². The summed E-state index contributed by atoms with van der Waals surface area (Å²) < 4.78 is 14.0. The van der Waals surface area contributed by atoms with Gasteiger partial charge in [0.25, 0.3) is 0 Å². The van der Waals surface area contributed by atoms with Crippen LogP contribution in [-0.4, -0.2) is 6.54 Å². The standard InChI is InChI=1S/C17H19ClFN/c1-2-11-20-17(14-8-4-6-10-16(14)19)12-13-7-3-5-9-15(13)18/h3-10,17,20H,2,11-12H2,1H3. The quantitative estimate of drug-likeness (QED) is 0.809. The van der Waals surface area contributed by atoms with Crippen LogP contribution in [0.15, 0.2) is 48.5 Å². The van der Waals surface area contributed by atoms with Gasteiger partial charge in [-0.1, -0.05) is 54.9 Å². The van der Waals surface area contributed by atoms with Crippen LogP contribution in [0.5, 0.6) is 0 Å². The molecule has 0 saturated carbocycles. The molecule has 1 atom stereocenters. The highest BCUT2D eigenvalue weighted by atomic mass is 35.5. The normalized spacial score (nSPS) is 12.3. The summed E-state index contributed by atoms with van der Waals surface area (Å²) in [5, 5.41) is 4.13. The summed E-state index contributed by atoms with van der Waals surface area (Å²) >= 11 is 6.21. The minimum atomic E-state index is -0.173. The number of hydrogen-bond acceptors (Lipinski definition) is 1. The van der Waals surface area contributed by atoms with Crippen LogP contribution in [0.2, 0.25) is 5.02 Å². The Morgan fingerprint density at radius 3 is 2.50 bits per heavy atom. The smallest absolute Gasteiger partial charge is 0.127 e. The predicted molar refractivity (Wildman–Crippen MR) is 82.6 cm³/mol. The number of nitrogens with one attached hydrogen (secondary N) is 1. The zero-order valence-electron chi connectivity index (χ0n) is 11.6. The second kappa shape index (κ2) is 7.41. The molecule has 0 aromatic heterocycles. The number of benzene rings is 2. The highest BCUT2D eigenvalue weighted by Gasteiger charge is 2.16. The first-order valence-corrected chi connectivity index (χ1v) is 7.31. The fraction of sp³-hybridized carbons (Fsp3) is 0.294. The van der Waals surface area contributed by atoms with Crippen LogP contribution in [0.3, 0.4) is 0 Å². The van der Waals surface area contributed by atoms with Crippen LogP contribution in [0.4, 0.5) is 4.39 Å². The third-order valence-electron chi connectivity index (χ3n) is 3.30. The Bertz CT molecular complexity index is 556. The highest BCUT2D eigenvalue weighted by Crippen LogP contribution is 2.25. The zero-order valence-corrected chi connectivity index (χ0v) is 12.3. The van der Waals surface area contributed by atoms with Crippen molar-refractivity contribution in [1.82, 2.24) is 5.32 Å². The first-order chi connectivity index (χ1) is 9.72. The summed E-state index contributed by atoms with van der Waals surface area (Å²) in [5.41, 5.74) is 1.73. The number of hydrogen-bond donors (Lipinski definition) is 1. The van der Waals surface area contributed by atoms with E-state index in [1.807, 2.05) is 36.4 Å². The molecule has 0 amide bonds. The average molecular weight is 292 g/mol. The third-order valence-corrected chi connectivity index (χ3v) is 3.67. The maximum Gasteiger partial charge on any atom is 0.127 e. The Morgan fingerprint density at radius 1 is 1.10 bits per heavy atom. The molecule has 0 aliphatic rings. The van der Waals surface area contributed by atoms with Crippen molar-refractivity contribution in [1.29, 1.82) is 0 Å². The lowest BCUT2D eigenvalue weighted by molar-refractivity contribution is 0.497. The Balaban J connectivity index is 2.24.